The third-order valence-electron chi connectivity index (χ3n) is 9.93. The Morgan fingerprint density at radius 1 is 1.00 bits per heavy atom. The maximum atomic E-state index is 13.8. The Kier molecular flexibility index (Phi) is 9.46. The van der Waals surface area contributed by atoms with Crippen molar-refractivity contribution in [2.24, 2.45) is 11.3 Å². The number of benzene rings is 3. The van der Waals surface area contributed by atoms with Crippen molar-refractivity contribution in [3.8, 4) is 0 Å². The normalized spacial score (nSPS) is 18.0. The molecule has 0 saturated heterocycles. The van der Waals surface area contributed by atoms with Gasteiger partial charge in [0.2, 0.25) is 5.91 Å². The molecule has 3 aromatic rings. The van der Waals surface area contributed by atoms with Gasteiger partial charge in [-0.15, -0.1) is 0 Å². The number of amides is 1. The molecule has 1 heterocycles. The van der Waals surface area contributed by atoms with Gasteiger partial charge >= 0.3 is 0 Å². The monoisotopic (exact) mass is 621 g/mol. The fraction of sp³-hybridized carbons (Fsp3) is 0.385. The summed E-state index contributed by atoms with van der Waals surface area (Å²) in [5.74, 6) is 0.380. The fourth-order valence-electron chi connectivity index (χ4n) is 6.92. The van der Waals surface area contributed by atoms with Crippen LogP contribution in [0.15, 0.2) is 78.9 Å². The fourth-order valence-corrected chi connectivity index (χ4v) is 7.13. The highest BCUT2D eigenvalue weighted by molar-refractivity contribution is 6.32. The van der Waals surface area contributed by atoms with E-state index < -0.39 is 5.41 Å². The van der Waals surface area contributed by atoms with Crippen LogP contribution < -0.4 is 10.6 Å². The number of carbonyl (C=O) groups excluding carboxylic acids is 2. The molecule has 0 unspecified atom stereocenters. The minimum absolute atomic E-state index is 0.0619. The molecule has 1 amide bonds. The van der Waals surface area contributed by atoms with E-state index in [0.717, 1.165) is 97.2 Å². The van der Waals surface area contributed by atoms with E-state index in [1.807, 2.05) is 42.2 Å². The highest BCUT2D eigenvalue weighted by Crippen LogP contribution is 2.48. The first-order valence-corrected chi connectivity index (χ1v) is 17.0. The first-order valence-electron chi connectivity index (χ1n) is 16.6. The van der Waals surface area contributed by atoms with Crippen LogP contribution in [0.5, 0.6) is 0 Å². The van der Waals surface area contributed by atoms with Crippen molar-refractivity contribution in [3.63, 3.8) is 0 Å². The van der Waals surface area contributed by atoms with Crippen LogP contribution in [-0.2, 0) is 22.6 Å². The molecule has 1 aliphatic heterocycles. The number of rotatable bonds is 11. The van der Waals surface area contributed by atoms with Crippen LogP contribution in [0.1, 0.15) is 87.5 Å². The lowest BCUT2D eigenvalue weighted by Gasteiger charge is -2.46. The van der Waals surface area contributed by atoms with Gasteiger partial charge in [-0.3, -0.25) is 9.59 Å². The van der Waals surface area contributed by atoms with Crippen molar-refractivity contribution >= 4 is 46.1 Å². The molecule has 3 aromatic carbocycles. The highest BCUT2D eigenvalue weighted by Gasteiger charge is 2.54. The maximum Gasteiger partial charge on any atom is 0.236 e. The van der Waals surface area contributed by atoms with E-state index in [-0.39, 0.29) is 17.6 Å². The van der Waals surface area contributed by atoms with Crippen LogP contribution in [0.2, 0.25) is 5.02 Å². The second kappa shape index (κ2) is 13.7. The molecule has 2 aliphatic carbocycles. The second-order valence-electron chi connectivity index (χ2n) is 12.8. The van der Waals surface area contributed by atoms with Crippen LogP contribution in [0, 0.1) is 11.3 Å². The number of anilines is 2. The number of fused-ring (bicyclic) bond motifs is 1. The van der Waals surface area contributed by atoms with Gasteiger partial charge in [0.1, 0.15) is 5.41 Å². The number of unbranched alkanes of at least 4 members (excludes halogenated alkanes) is 1. The smallest absolute Gasteiger partial charge is 0.236 e. The molecular formula is C39H44ClN3O2. The molecule has 5 nitrogen and oxygen atoms in total. The van der Waals surface area contributed by atoms with E-state index in [1.165, 1.54) is 5.56 Å². The zero-order chi connectivity index (χ0) is 31.4. The molecule has 0 atom stereocenters. The van der Waals surface area contributed by atoms with Crippen molar-refractivity contribution in [1.29, 1.82) is 0 Å². The number of nitrogens with zero attached hydrogens (tertiary/aromatic N) is 1. The third-order valence-corrected chi connectivity index (χ3v) is 10.3. The van der Waals surface area contributed by atoms with E-state index in [4.69, 9.17) is 11.6 Å². The minimum atomic E-state index is -0.761. The van der Waals surface area contributed by atoms with Crippen molar-refractivity contribution in [2.45, 2.75) is 78.2 Å². The Hall–Kier alpha value is -3.83. The Balaban J connectivity index is 1.22. The summed E-state index contributed by atoms with van der Waals surface area (Å²) in [7, 11) is 0. The quantitative estimate of drug-likeness (QED) is 0.209. The molecule has 3 aliphatic rings. The van der Waals surface area contributed by atoms with Gasteiger partial charge in [0, 0.05) is 47.3 Å². The maximum absolute atomic E-state index is 13.8. The summed E-state index contributed by atoms with van der Waals surface area (Å²) in [5, 5.41) is 8.01. The predicted octanol–water partition coefficient (Wildman–Crippen LogP) is 9.30. The predicted molar refractivity (Wildman–Crippen MR) is 185 cm³/mol. The largest absolute Gasteiger partial charge is 0.355 e. The van der Waals surface area contributed by atoms with Crippen LogP contribution in [0.4, 0.5) is 11.4 Å². The van der Waals surface area contributed by atoms with Crippen molar-refractivity contribution in [2.75, 3.05) is 11.9 Å². The van der Waals surface area contributed by atoms with Crippen molar-refractivity contribution in [1.82, 2.24) is 10.2 Å². The molecule has 2 saturated carbocycles. The summed E-state index contributed by atoms with van der Waals surface area (Å²) < 4.78 is 0. The Labute approximate surface area is 272 Å². The highest BCUT2D eigenvalue weighted by atomic mass is 35.5. The molecular weight excluding hydrogens is 578 g/mol. The Bertz CT molecular complexity index is 1620. The van der Waals surface area contributed by atoms with E-state index >= 15 is 0 Å². The number of allylic oxidation sites excluding steroid dienone is 2. The Morgan fingerprint density at radius 3 is 2.47 bits per heavy atom. The number of hydrogen-bond donors (Lipinski definition) is 2. The van der Waals surface area contributed by atoms with Gasteiger partial charge in [-0.1, -0.05) is 92.4 Å². The van der Waals surface area contributed by atoms with Gasteiger partial charge < -0.3 is 15.5 Å². The minimum Gasteiger partial charge on any atom is -0.355 e. The SMILES string of the molecule is C/C=C(\N/C(=C/CCC)c1cc(Nc2cccc3c2CCN(C(=O)C2(C(=O)C4CCC4)CCC2)C3)ccc1Cl)c1ccccc1. The van der Waals surface area contributed by atoms with Gasteiger partial charge in [-0.05, 0) is 86.4 Å². The molecule has 6 rings (SSSR count). The van der Waals surface area contributed by atoms with Gasteiger partial charge in [0.15, 0.2) is 5.78 Å². The molecule has 2 N–H and O–H groups in total. The summed E-state index contributed by atoms with van der Waals surface area (Å²) in [6.45, 7) is 5.40. The van der Waals surface area contributed by atoms with Crippen molar-refractivity contribution in [3.05, 3.63) is 106 Å². The topological polar surface area (TPSA) is 61.4 Å². The zero-order valence-corrected chi connectivity index (χ0v) is 27.3. The zero-order valence-electron chi connectivity index (χ0n) is 26.5. The first kappa shape index (κ1) is 31.2. The van der Waals surface area contributed by atoms with Crippen LogP contribution in [0.25, 0.3) is 11.4 Å². The van der Waals surface area contributed by atoms with E-state index in [1.54, 1.807) is 0 Å². The third kappa shape index (κ3) is 6.33. The summed E-state index contributed by atoms with van der Waals surface area (Å²) in [5.41, 5.74) is 7.67. The number of carbonyl (C=O) groups is 2. The van der Waals surface area contributed by atoms with Crippen LogP contribution >= 0.6 is 11.6 Å². The summed E-state index contributed by atoms with van der Waals surface area (Å²) >= 11 is 6.83. The number of halogens is 1. The number of Topliss-reactive ketones (excluding diaryl/α,β-unsaturated/α-hetero) is 1. The van der Waals surface area contributed by atoms with Gasteiger partial charge in [0.05, 0.1) is 5.02 Å². The lowest BCUT2D eigenvalue weighted by atomic mass is 9.59. The van der Waals surface area contributed by atoms with Crippen LogP contribution in [-0.4, -0.2) is 23.1 Å². The number of hydrogen-bond acceptors (Lipinski definition) is 4. The summed E-state index contributed by atoms with van der Waals surface area (Å²) in [6.07, 6.45) is 12.4. The lowest BCUT2D eigenvalue weighted by Crippen LogP contribution is -2.55. The average molecular weight is 622 g/mol. The summed E-state index contributed by atoms with van der Waals surface area (Å²) in [6, 6.07) is 22.7. The molecule has 45 heavy (non-hydrogen) atoms. The number of nitrogens with one attached hydrogen (secondary N) is 2. The average Bonchev–Trinajstić information content (AvgIpc) is 3.01. The number of ketones is 1. The first-order chi connectivity index (χ1) is 21.9. The lowest BCUT2D eigenvalue weighted by molar-refractivity contribution is -0.160. The van der Waals surface area contributed by atoms with Crippen LogP contribution in [0.3, 0.4) is 0 Å². The van der Waals surface area contributed by atoms with E-state index in [0.29, 0.717) is 18.1 Å². The molecule has 234 valence electrons. The van der Waals surface area contributed by atoms with E-state index in [9.17, 15) is 9.59 Å². The molecule has 0 radical (unpaired) electrons. The van der Waals surface area contributed by atoms with E-state index in [2.05, 4.69) is 66.1 Å². The Morgan fingerprint density at radius 2 is 1.80 bits per heavy atom. The molecule has 2 fully saturated rings. The standard InChI is InChI=1S/C39H44ClN3O2/c1-3-5-17-36(42-34(4-2)27-12-7-6-8-13-27)32-25-30(19-20-33(32)40)41-35-18-10-16-29-26-43(24-21-31(29)35)38(45)39(22-11-23-39)37(44)28-14-9-15-28/h4,6-8,10,12-13,16-20,25,28,41-42H,3,5,9,11,14-15,21-24,26H2,1-2H3/b34-4-,36-17+. The molecule has 0 aromatic heterocycles. The molecule has 0 spiro atoms. The summed E-state index contributed by atoms with van der Waals surface area (Å²) in [4.78, 5) is 29.1. The molecule has 0 bridgehead atoms. The van der Waals surface area contributed by atoms with Gasteiger partial charge in [0.25, 0.3) is 0 Å². The van der Waals surface area contributed by atoms with Gasteiger partial charge in [-0.25, -0.2) is 0 Å². The van der Waals surface area contributed by atoms with Crippen molar-refractivity contribution < 1.29 is 9.59 Å². The molecule has 6 heteroatoms. The second-order valence-corrected chi connectivity index (χ2v) is 13.2. The van der Waals surface area contributed by atoms with Gasteiger partial charge in [-0.2, -0.15) is 0 Å².